The Morgan fingerprint density at radius 1 is 1.33 bits per heavy atom. The van der Waals surface area contributed by atoms with Gasteiger partial charge in [0.1, 0.15) is 11.5 Å². The molecule has 3 N–H and O–H groups in total. The van der Waals surface area contributed by atoms with Gasteiger partial charge in [0.05, 0.1) is 19.5 Å². The second-order valence-electron chi connectivity index (χ2n) is 6.01. The third-order valence-corrected chi connectivity index (χ3v) is 5.81. The predicted octanol–water partition coefficient (Wildman–Crippen LogP) is 1.46. The Balaban J connectivity index is 1.61. The number of nitrogens with one attached hydrogen (secondary N) is 1. The molecule has 4 heterocycles. The molecule has 9 nitrogen and oxygen atoms in total. The van der Waals surface area contributed by atoms with Gasteiger partial charge in [0.15, 0.2) is 17.0 Å². The predicted molar refractivity (Wildman–Crippen MR) is 102 cm³/mol. The maximum Gasteiger partial charge on any atom is 0.226 e. The number of pyridine rings is 1. The number of anilines is 1. The van der Waals surface area contributed by atoms with Gasteiger partial charge in [0, 0.05) is 24.6 Å². The van der Waals surface area contributed by atoms with Crippen molar-refractivity contribution in [3.63, 3.8) is 0 Å². The lowest BCUT2D eigenvalue weighted by atomic mass is 10.2. The van der Waals surface area contributed by atoms with Crippen LogP contribution in [0.25, 0.3) is 11.2 Å². The highest BCUT2D eigenvalue weighted by Crippen LogP contribution is 2.38. The van der Waals surface area contributed by atoms with E-state index in [2.05, 4.69) is 25.3 Å². The summed E-state index contributed by atoms with van der Waals surface area (Å²) in [6.07, 6.45) is 1.60. The average molecular weight is 409 g/mol. The van der Waals surface area contributed by atoms with Crippen LogP contribution >= 0.6 is 23.4 Å². The van der Waals surface area contributed by atoms with Crippen molar-refractivity contribution in [3.8, 4) is 5.88 Å². The lowest BCUT2D eigenvalue weighted by Crippen LogP contribution is -2.27. The zero-order valence-electron chi connectivity index (χ0n) is 14.3. The molecule has 0 spiro atoms. The van der Waals surface area contributed by atoms with Crippen LogP contribution in [-0.4, -0.2) is 59.8 Å². The van der Waals surface area contributed by atoms with E-state index in [1.165, 1.54) is 11.8 Å². The number of hydrogen-bond acceptors (Lipinski definition) is 9. The van der Waals surface area contributed by atoms with Crippen molar-refractivity contribution in [2.75, 3.05) is 18.2 Å². The number of halogens is 1. The molecule has 3 aromatic heterocycles. The van der Waals surface area contributed by atoms with Gasteiger partial charge < -0.3 is 20.3 Å². The number of ether oxygens (including phenoxy) is 1. The lowest BCUT2D eigenvalue weighted by molar-refractivity contribution is 0.0313. The molecule has 1 saturated heterocycles. The van der Waals surface area contributed by atoms with Crippen molar-refractivity contribution in [2.24, 2.45) is 0 Å². The van der Waals surface area contributed by atoms with Crippen LogP contribution in [0.15, 0.2) is 24.7 Å². The summed E-state index contributed by atoms with van der Waals surface area (Å²) in [7, 11) is 1.56. The Morgan fingerprint density at radius 2 is 2.19 bits per heavy atom. The number of aromatic nitrogens is 5. The molecule has 0 saturated carbocycles. The molecular weight excluding hydrogens is 392 g/mol. The highest BCUT2D eigenvalue weighted by Gasteiger charge is 2.36. The molecule has 27 heavy (non-hydrogen) atoms. The highest BCUT2D eigenvalue weighted by molar-refractivity contribution is 7.99. The van der Waals surface area contributed by atoms with Crippen LogP contribution in [0.1, 0.15) is 10.9 Å². The molecule has 0 unspecified atom stereocenters. The summed E-state index contributed by atoms with van der Waals surface area (Å²) in [5.41, 5.74) is 1.97. The van der Waals surface area contributed by atoms with Crippen molar-refractivity contribution < 1.29 is 14.9 Å². The maximum atomic E-state index is 10.2. The summed E-state index contributed by atoms with van der Waals surface area (Å²) < 4.78 is 6.77. The smallest absolute Gasteiger partial charge is 0.226 e. The average Bonchev–Trinajstić information content (AvgIpc) is 3.23. The van der Waals surface area contributed by atoms with Crippen LogP contribution in [0.5, 0.6) is 5.88 Å². The minimum Gasteiger partial charge on any atom is -0.481 e. The van der Waals surface area contributed by atoms with E-state index in [1.807, 2.05) is 6.07 Å². The van der Waals surface area contributed by atoms with Gasteiger partial charge in [-0.2, -0.15) is 9.97 Å². The quantitative estimate of drug-likeness (QED) is 0.539. The van der Waals surface area contributed by atoms with E-state index in [4.69, 9.17) is 16.3 Å². The van der Waals surface area contributed by atoms with Crippen LogP contribution in [-0.2, 0) is 6.54 Å². The molecule has 11 heteroatoms. The normalized spacial score (nSPS) is 22.3. The first-order chi connectivity index (χ1) is 13.1. The SMILES string of the molecule is COc1ccc(CNc2nc(Cl)nc3c2ncn3[C@@H]2SC[C@@H](O)[C@H]2O)cn1. The minimum atomic E-state index is -0.900. The Morgan fingerprint density at radius 3 is 2.85 bits per heavy atom. The molecule has 4 rings (SSSR count). The standard InChI is InChI=1S/C16H17ClN6O3S/c1-26-10-3-2-8(4-18-10)5-19-13-11-14(22-16(17)21-13)23(7-20-11)15-12(25)9(24)6-27-15/h2-4,7,9,12,15,24-25H,5-6H2,1H3,(H,19,21,22)/t9-,12-,15-/m1/s1. The Kier molecular flexibility index (Phi) is 5.04. The van der Waals surface area contributed by atoms with E-state index >= 15 is 0 Å². The topological polar surface area (TPSA) is 118 Å². The first-order valence-corrected chi connectivity index (χ1v) is 9.60. The van der Waals surface area contributed by atoms with Gasteiger partial charge in [-0.15, -0.1) is 11.8 Å². The number of fused-ring (bicyclic) bond motifs is 1. The Hall–Kier alpha value is -2.14. The number of nitrogens with zero attached hydrogens (tertiary/aromatic N) is 5. The molecule has 0 aromatic carbocycles. The van der Waals surface area contributed by atoms with Crippen molar-refractivity contribution in [2.45, 2.75) is 24.1 Å². The molecule has 0 bridgehead atoms. The fourth-order valence-electron chi connectivity index (χ4n) is 2.85. The summed E-state index contributed by atoms with van der Waals surface area (Å²) in [5.74, 6) is 1.47. The van der Waals surface area contributed by atoms with E-state index in [0.29, 0.717) is 35.2 Å². The van der Waals surface area contributed by atoms with E-state index in [-0.39, 0.29) is 10.7 Å². The molecule has 1 fully saturated rings. The molecule has 0 aliphatic carbocycles. The lowest BCUT2D eigenvalue weighted by Gasteiger charge is -2.17. The largest absolute Gasteiger partial charge is 0.481 e. The van der Waals surface area contributed by atoms with Crippen molar-refractivity contribution in [3.05, 3.63) is 35.5 Å². The number of rotatable bonds is 5. The molecule has 0 radical (unpaired) electrons. The third-order valence-electron chi connectivity index (χ3n) is 4.26. The van der Waals surface area contributed by atoms with Gasteiger partial charge in [0.25, 0.3) is 0 Å². The zero-order chi connectivity index (χ0) is 19.0. The van der Waals surface area contributed by atoms with Gasteiger partial charge in [-0.05, 0) is 17.2 Å². The molecule has 1 aliphatic heterocycles. The Labute approximate surface area is 163 Å². The number of methoxy groups -OCH3 is 1. The van der Waals surface area contributed by atoms with Crippen molar-refractivity contribution >= 4 is 40.3 Å². The number of imidazole rings is 1. The third kappa shape index (κ3) is 3.53. The molecule has 0 amide bonds. The van der Waals surface area contributed by atoms with Gasteiger partial charge in [-0.1, -0.05) is 6.07 Å². The minimum absolute atomic E-state index is 0.0673. The fraction of sp³-hybridized carbons (Fsp3) is 0.375. The number of thioether (sulfide) groups is 1. The van der Waals surface area contributed by atoms with Crippen LogP contribution < -0.4 is 10.1 Å². The summed E-state index contributed by atoms with van der Waals surface area (Å²) in [5, 5.41) is 22.9. The van der Waals surface area contributed by atoms with Gasteiger partial charge in [-0.25, -0.2) is 9.97 Å². The Bertz CT molecular complexity index is 953. The molecule has 142 valence electrons. The van der Waals surface area contributed by atoms with Crippen LogP contribution in [0.4, 0.5) is 5.82 Å². The zero-order valence-corrected chi connectivity index (χ0v) is 15.9. The monoisotopic (exact) mass is 408 g/mol. The second kappa shape index (κ2) is 7.47. The van der Waals surface area contributed by atoms with Crippen LogP contribution in [0, 0.1) is 0 Å². The summed E-state index contributed by atoms with van der Waals surface area (Å²) in [6, 6.07) is 3.67. The summed E-state index contributed by atoms with van der Waals surface area (Å²) in [4.78, 5) is 17.0. The summed E-state index contributed by atoms with van der Waals surface area (Å²) in [6.45, 7) is 0.464. The van der Waals surface area contributed by atoms with Gasteiger partial charge >= 0.3 is 0 Å². The van der Waals surface area contributed by atoms with Crippen LogP contribution in [0.2, 0.25) is 5.28 Å². The summed E-state index contributed by atoms with van der Waals surface area (Å²) >= 11 is 7.53. The van der Waals surface area contributed by atoms with Gasteiger partial charge in [0.2, 0.25) is 11.2 Å². The van der Waals surface area contributed by atoms with Gasteiger partial charge in [-0.3, -0.25) is 4.57 Å². The van der Waals surface area contributed by atoms with Crippen molar-refractivity contribution in [1.29, 1.82) is 0 Å². The molecular formula is C16H17ClN6O3S. The number of aliphatic hydroxyl groups is 2. The van der Waals surface area contributed by atoms with Crippen LogP contribution in [0.3, 0.4) is 0 Å². The first-order valence-electron chi connectivity index (χ1n) is 8.17. The van der Waals surface area contributed by atoms with E-state index in [9.17, 15) is 10.2 Å². The number of aliphatic hydroxyl groups excluding tert-OH is 2. The van der Waals surface area contributed by atoms with E-state index in [1.54, 1.807) is 30.3 Å². The van der Waals surface area contributed by atoms with E-state index < -0.39 is 12.2 Å². The second-order valence-corrected chi connectivity index (χ2v) is 7.50. The fourth-order valence-corrected chi connectivity index (χ4v) is 4.30. The molecule has 1 aliphatic rings. The van der Waals surface area contributed by atoms with Crippen molar-refractivity contribution in [1.82, 2.24) is 24.5 Å². The first kappa shape index (κ1) is 18.2. The highest BCUT2D eigenvalue weighted by atomic mass is 35.5. The molecule has 3 aromatic rings. The maximum absolute atomic E-state index is 10.2. The number of hydrogen-bond donors (Lipinski definition) is 3. The van der Waals surface area contributed by atoms with E-state index in [0.717, 1.165) is 5.56 Å². The molecule has 3 atom stereocenters.